The van der Waals surface area contributed by atoms with Gasteiger partial charge in [0, 0.05) is 53.7 Å². The van der Waals surface area contributed by atoms with Gasteiger partial charge < -0.3 is 14.4 Å². The number of likely N-dealkylation sites (N-methyl/N-ethyl adjacent to an activating group) is 1. The first-order chi connectivity index (χ1) is 13.0. The second-order valence-corrected chi connectivity index (χ2v) is 7.92. The highest BCUT2D eigenvalue weighted by Crippen LogP contribution is 2.33. The number of phenols is 1. The second-order valence-electron chi connectivity index (χ2n) is 7.00. The highest BCUT2D eigenvalue weighted by molar-refractivity contribution is 9.10. The van der Waals surface area contributed by atoms with Gasteiger partial charge in [0.1, 0.15) is 17.6 Å². The number of nitrogens with zero attached hydrogens (tertiary/aromatic N) is 2. The van der Waals surface area contributed by atoms with Gasteiger partial charge in [-0.05, 0) is 43.4 Å². The number of hydrogen-bond acceptors (Lipinski definition) is 5. The Bertz CT molecular complexity index is 973. The first-order valence-electron chi connectivity index (χ1n) is 8.96. The fourth-order valence-corrected chi connectivity index (χ4v) is 3.77. The third-order valence-corrected chi connectivity index (χ3v) is 5.68. The molecule has 0 spiro atoms. The van der Waals surface area contributed by atoms with Crippen molar-refractivity contribution in [3.8, 4) is 5.75 Å². The van der Waals surface area contributed by atoms with Crippen LogP contribution in [0.2, 0.25) is 0 Å². The smallest absolute Gasteiger partial charge is 0.196 e. The van der Waals surface area contributed by atoms with E-state index in [1.165, 1.54) is 6.26 Å². The van der Waals surface area contributed by atoms with Crippen molar-refractivity contribution in [1.29, 1.82) is 0 Å². The standard InChI is InChI=1S/C21H21BrN2O3/c1-23-8-10-24(11-9-23)12-16-18(25)6-7-19-20(16)17(13-27-19)21(26)14-2-4-15(22)5-3-14/h2-7,13,25H,8-12H2,1H3. The van der Waals surface area contributed by atoms with E-state index in [9.17, 15) is 9.90 Å². The molecule has 0 amide bonds. The minimum absolute atomic E-state index is 0.105. The van der Waals surface area contributed by atoms with Crippen molar-refractivity contribution in [2.75, 3.05) is 33.2 Å². The predicted octanol–water partition coefficient (Wildman–Crippen LogP) is 3.88. The minimum Gasteiger partial charge on any atom is -0.508 e. The summed E-state index contributed by atoms with van der Waals surface area (Å²) in [6.07, 6.45) is 1.50. The molecule has 1 aliphatic rings. The van der Waals surface area contributed by atoms with E-state index in [4.69, 9.17) is 4.42 Å². The molecule has 4 rings (SSSR count). The average Bonchev–Trinajstić information content (AvgIpc) is 3.10. The Kier molecular flexibility index (Phi) is 5.04. The van der Waals surface area contributed by atoms with Crippen molar-refractivity contribution in [2.45, 2.75) is 6.54 Å². The number of piperazine rings is 1. The van der Waals surface area contributed by atoms with Crippen molar-refractivity contribution in [3.05, 3.63) is 63.8 Å². The zero-order valence-corrected chi connectivity index (χ0v) is 16.7. The summed E-state index contributed by atoms with van der Waals surface area (Å²) in [6, 6.07) is 10.6. The molecular formula is C21H21BrN2O3. The second kappa shape index (κ2) is 7.46. The lowest BCUT2D eigenvalue weighted by Gasteiger charge is -2.32. The molecule has 2 heterocycles. The number of aromatic hydroxyl groups is 1. The van der Waals surface area contributed by atoms with Crippen LogP contribution in [0.1, 0.15) is 21.5 Å². The zero-order chi connectivity index (χ0) is 19.0. The average molecular weight is 429 g/mol. The molecule has 1 N–H and O–H groups in total. The molecule has 6 heteroatoms. The van der Waals surface area contributed by atoms with Gasteiger partial charge in [-0.15, -0.1) is 0 Å². The van der Waals surface area contributed by atoms with Gasteiger partial charge in [0.15, 0.2) is 5.78 Å². The Morgan fingerprint density at radius 1 is 1.11 bits per heavy atom. The van der Waals surface area contributed by atoms with E-state index < -0.39 is 0 Å². The number of furan rings is 1. The van der Waals surface area contributed by atoms with Crippen LogP contribution >= 0.6 is 15.9 Å². The molecule has 3 aromatic rings. The molecule has 1 aromatic heterocycles. The SMILES string of the molecule is CN1CCN(Cc2c(O)ccc3occ(C(=O)c4ccc(Br)cc4)c23)CC1. The van der Waals surface area contributed by atoms with Gasteiger partial charge in [-0.1, -0.05) is 15.9 Å². The molecule has 1 fully saturated rings. The summed E-state index contributed by atoms with van der Waals surface area (Å²) < 4.78 is 6.57. The highest BCUT2D eigenvalue weighted by Gasteiger charge is 2.23. The van der Waals surface area contributed by atoms with Gasteiger partial charge in [0.25, 0.3) is 0 Å². The van der Waals surface area contributed by atoms with Gasteiger partial charge in [0.05, 0.1) is 5.56 Å². The molecule has 0 atom stereocenters. The van der Waals surface area contributed by atoms with Crippen LogP contribution < -0.4 is 0 Å². The Balaban J connectivity index is 1.73. The van der Waals surface area contributed by atoms with Crippen LogP contribution in [0, 0.1) is 0 Å². The molecule has 140 valence electrons. The summed E-state index contributed by atoms with van der Waals surface area (Å²) in [5.41, 5.74) is 2.46. The van der Waals surface area contributed by atoms with Gasteiger partial charge in [-0.2, -0.15) is 0 Å². The molecule has 1 aliphatic heterocycles. The predicted molar refractivity (Wildman–Crippen MR) is 108 cm³/mol. The maximum Gasteiger partial charge on any atom is 0.196 e. The summed E-state index contributed by atoms with van der Waals surface area (Å²) >= 11 is 3.39. The van der Waals surface area contributed by atoms with Crippen LogP contribution in [0.15, 0.2) is 51.6 Å². The third kappa shape index (κ3) is 3.65. The van der Waals surface area contributed by atoms with Crippen molar-refractivity contribution in [1.82, 2.24) is 9.80 Å². The fraction of sp³-hybridized carbons (Fsp3) is 0.286. The molecule has 0 saturated carbocycles. The van der Waals surface area contributed by atoms with Crippen LogP contribution in [0.25, 0.3) is 11.0 Å². The van der Waals surface area contributed by atoms with Gasteiger partial charge in [-0.25, -0.2) is 0 Å². The maximum absolute atomic E-state index is 13.1. The van der Waals surface area contributed by atoms with Crippen molar-refractivity contribution in [2.24, 2.45) is 0 Å². The number of halogens is 1. The number of carbonyl (C=O) groups excluding carboxylic acids is 1. The summed E-state index contributed by atoms with van der Waals surface area (Å²) in [4.78, 5) is 17.6. The molecule has 2 aromatic carbocycles. The minimum atomic E-state index is -0.105. The molecule has 5 nitrogen and oxygen atoms in total. The van der Waals surface area contributed by atoms with Crippen LogP contribution in [-0.2, 0) is 6.54 Å². The van der Waals surface area contributed by atoms with E-state index >= 15 is 0 Å². The highest BCUT2D eigenvalue weighted by atomic mass is 79.9. The van der Waals surface area contributed by atoms with Crippen molar-refractivity contribution >= 4 is 32.7 Å². The van der Waals surface area contributed by atoms with E-state index in [0.29, 0.717) is 28.6 Å². The van der Waals surface area contributed by atoms with Crippen molar-refractivity contribution in [3.63, 3.8) is 0 Å². The van der Waals surface area contributed by atoms with Gasteiger partial charge in [-0.3, -0.25) is 9.69 Å². The lowest BCUT2D eigenvalue weighted by molar-refractivity contribution is 0.103. The lowest BCUT2D eigenvalue weighted by Crippen LogP contribution is -2.43. The van der Waals surface area contributed by atoms with Gasteiger partial charge >= 0.3 is 0 Å². The summed E-state index contributed by atoms with van der Waals surface area (Å²) in [6.45, 7) is 4.44. The maximum atomic E-state index is 13.1. The summed E-state index contributed by atoms with van der Waals surface area (Å²) in [7, 11) is 2.11. The quantitative estimate of drug-likeness (QED) is 0.638. The van der Waals surface area contributed by atoms with E-state index in [1.54, 1.807) is 24.3 Å². The number of hydrogen-bond donors (Lipinski definition) is 1. The van der Waals surface area contributed by atoms with Crippen LogP contribution in [-0.4, -0.2) is 53.9 Å². The Hall–Kier alpha value is -2.15. The molecule has 27 heavy (non-hydrogen) atoms. The fourth-order valence-electron chi connectivity index (χ4n) is 3.50. The molecule has 1 saturated heterocycles. The number of fused-ring (bicyclic) bond motifs is 1. The van der Waals surface area contributed by atoms with Crippen LogP contribution in [0.3, 0.4) is 0 Å². The number of rotatable bonds is 4. The lowest BCUT2D eigenvalue weighted by atomic mass is 9.98. The molecular weight excluding hydrogens is 408 g/mol. The van der Waals surface area contributed by atoms with E-state index in [2.05, 4.69) is 32.8 Å². The zero-order valence-electron chi connectivity index (χ0n) is 15.1. The largest absolute Gasteiger partial charge is 0.508 e. The number of ketones is 1. The Morgan fingerprint density at radius 3 is 2.52 bits per heavy atom. The first kappa shape index (κ1) is 18.2. The van der Waals surface area contributed by atoms with E-state index in [1.807, 2.05) is 12.1 Å². The number of benzene rings is 2. The summed E-state index contributed by atoms with van der Waals surface area (Å²) in [5, 5.41) is 11.2. The number of carbonyl (C=O) groups is 1. The third-order valence-electron chi connectivity index (χ3n) is 5.15. The van der Waals surface area contributed by atoms with Crippen LogP contribution in [0.5, 0.6) is 5.75 Å². The monoisotopic (exact) mass is 428 g/mol. The Labute approximate surface area is 166 Å². The topological polar surface area (TPSA) is 56.9 Å². The van der Waals surface area contributed by atoms with Crippen LogP contribution in [0.4, 0.5) is 0 Å². The molecule has 0 bridgehead atoms. The van der Waals surface area contributed by atoms with Crippen molar-refractivity contribution < 1.29 is 14.3 Å². The summed E-state index contributed by atoms with van der Waals surface area (Å²) in [5.74, 6) is 0.0964. The first-order valence-corrected chi connectivity index (χ1v) is 9.75. The van der Waals surface area contributed by atoms with E-state index in [-0.39, 0.29) is 11.5 Å². The van der Waals surface area contributed by atoms with E-state index in [0.717, 1.165) is 36.2 Å². The Morgan fingerprint density at radius 2 is 1.81 bits per heavy atom. The van der Waals surface area contributed by atoms with Gasteiger partial charge in [0.2, 0.25) is 0 Å². The molecule has 0 radical (unpaired) electrons. The normalized spacial score (nSPS) is 16.1. The number of phenolic OH excluding ortho intramolecular Hbond substituents is 1. The molecule has 0 aliphatic carbocycles. The molecule has 0 unspecified atom stereocenters.